The van der Waals surface area contributed by atoms with E-state index >= 15 is 0 Å². The van der Waals surface area contributed by atoms with Crippen molar-refractivity contribution in [3.63, 3.8) is 0 Å². The van der Waals surface area contributed by atoms with Gasteiger partial charge in [-0.15, -0.1) is 0 Å². The van der Waals surface area contributed by atoms with Crippen LogP contribution in [0, 0.1) is 10.8 Å². The van der Waals surface area contributed by atoms with E-state index in [1.54, 1.807) is 0 Å². The SMILES string of the molecule is CC(C)(C)CCC1(C(N)=O)C=CC(COc2ccccc2)=NC1. The van der Waals surface area contributed by atoms with Gasteiger partial charge in [-0.25, -0.2) is 0 Å². The summed E-state index contributed by atoms with van der Waals surface area (Å²) in [5, 5.41) is 0. The molecule has 0 bridgehead atoms. The summed E-state index contributed by atoms with van der Waals surface area (Å²) in [6.45, 7) is 7.29. The zero-order chi connectivity index (χ0) is 16.9. The van der Waals surface area contributed by atoms with Crippen LogP contribution in [0.5, 0.6) is 5.75 Å². The average molecular weight is 314 g/mol. The molecule has 0 saturated heterocycles. The molecule has 2 rings (SSSR count). The largest absolute Gasteiger partial charge is 0.487 e. The molecule has 0 saturated carbocycles. The Morgan fingerprint density at radius 1 is 1.30 bits per heavy atom. The predicted octanol–water partition coefficient (Wildman–Crippen LogP) is 3.37. The van der Waals surface area contributed by atoms with Gasteiger partial charge in [-0.3, -0.25) is 9.79 Å². The van der Waals surface area contributed by atoms with Gasteiger partial charge < -0.3 is 10.5 Å². The number of dihydropyridines is 1. The van der Waals surface area contributed by atoms with Gasteiger partial charge in [0.05, 0.1) is 17.7 Å². The van der Waals surface area contributed by atoms with Crippen molar-refractivity contribution in [2.24, 2.45) is 21.6 Å². The summed E-state index contributed by atoms with van der Waals surface area (Å²) >= 11 is 0. The number of carbonyl (C=O) groups excluding carboxylic acids is 1. The summed E-state index contributed by atoms with van der Waals surface area (Å²) in [5.41, 5.74) is 5.99. The van der Waals surface area contributed by atoms with Crippen molar-refractivity contribution < 1.29 is 9.53 Å². The molecule has 1 aliphatic rings. The van der Waals surface area contributed by atoms with Gasteiger partial charge in [-0.05, 0) is 36.5 Å². The highest BCUT2D eigenvalue weighted by atomic mass is 16.5. The first-order valence-corrected chi connectivity index (χ1v) is 8.01. The van der Waals surface area contributed by atoms with Crippen LogP contribution in [0.15, 0.2) is 47.5 Å². The number of primary amides is 1. The van der Waals surface area contributed by atoms with Gasteiger partial charge in [0.25, 0.3) is 0 Å². The molecule has 1 unspecified atom stereocenters. The molecule has 1 amide bonds. The lowest BCUT2D eigenvalue weighted by atomic mass is 9.75. The lowest BCUT2D eigenvalue weighted by Crippen LogP contribution is -2.41. The fourth-order valence-electron chi connectivity index (χ4n) is 2.42. The Bertz CT molecular complexity index is 600. The van der Waals surface area contributed by atoms with Crippen LogP contribution in [-0.2, 0) is 4.79 Å². The highest BCUT2D eigenvalue weighted by molar-refractivity contribution is 5.99. The molecule has 4 nitrogen and oxygen atoms in total. The minimum atomic E-state index is -0.663. The van der Waals surface area contributed by atoms with Gasteiger partial charge in [0.15, 0.2) is 0 Å². The van der Waals surface area contributed by atoms with Crippen LogP contribution < -0.4 is 10.5 Å². The Labute approximate surface area is 138 Å². The number of benzene rings is 1. The van der Waals surface area contributed by atoms with Crippen LogP contribution >= 0.6 is 0 Å². The molecule has 0 spiro atoms. The Kier molecular flexibility index (Phi) is 5.24. The molecular weight excluding hydrogens is 288 g/mol. The van der Waals surface area contributed by atoms with Gasteiger partial charge in [0, 0.05) is 0 Å². The van der Waals surface area contributed by atoms with E-state index in [1.807, 2.05) is 42.5 Å². The standard InChI is InChI=1S/C19H26N2O2/c1-18(2,3)11-12-19(17(20)22)10-9-15(21-14-19)13-23-16-7-5-4-6-8-16/h4-10H,11-14H2,1-3H3,(H2,20,22). The second-order valence-electron chi connectivity index (χ2n) is 7.32. The van der Waals surface area contributed by atoms with Crippen LogP contribution in [0.4, 0.5) is 0 Å². The van der Waals surface area contributed by atoms with Crippen molar-refractivity contribution in [1.82, 2.24) is 0 Å². The zero-order valence-electron chi connectivity index (χ0n) is 14.2. The van der Waals surface area contributed by atoms with Gasteiger partial charge in [0.1, 0.15) is 12.4 Å². The smallest absolute Gasteiger partial charge is 0.229 e. The molecule has 1 atom stereocenters. The monoisotopic (exact) mass is 314 g/mol. The Morgan fingerprint density at radius 3 is 2.52 bits per heavy atom. The molecule has 0 aliphatic carbocycles. The van der Waals surface area contributed by atoms with Crippen LogP contribution in [0.1, 0.15) is 33.6 Å². The van der Waals surface area contributed by atoms with Gasteiger partial charge in [0.2, 0.25) is 5.91 Å². The average Bonchev–Trinajstić information content (AvgIpc) is 2.52. The molecule has 4 heteroatoms. The third-order valence-corrected chi connectivity index (χ3v) is 4.10. The number of nitrogens with zero attached hydrogens (tertiary/aromatic N) is 1. The number of carbonyl (C=O) groups is 1. The topological polar surface area (TPSA) is 64.7 Å². The van der Waals surface area contributed by atoms with E-state index in [2.05, 4.69) is 25.8 Å². The fourth-order valence-corrected chi connectivity index (χ4v) is 2.42. The van der Waals surface area contributed by atoms with Crippen LogP contribution in [0.3, 0.4) is 0 Å². The number of hydrogen-bond acceptors (Lipinski definition) is 3. The van der Waals surface area contributed by atoms with Crippen molar-refractivity contribution in [3.8, 4) is 5.75 Å². The van der Waals surface area contributed by atoms with E-state index < -0.39 is 5.41 Å². The second kappa shape index (κ2) is 6.99. The van der Waals surface area contributed by atoms with E-state index in [4.69, 9.17) is 10.5 Å². The third-order valence-electron chi connectivity index (χ3n) is 4.10. The number of aliphatic imine (C=N–C) groups is 1. The number of rotatable bonds is 6. The first-order valence-electron chi connectivity index (χ1n) is 8.01. The van der Waals surface area contributed by atoms with Crippen molar-refractivity contribution in [2.75, 3.05) is 13.2 Å². The molecule has 0 radical (unpaired) electrons. The fraction of sp³-hybridized carbons (Fsp3) is 0.474. The number of para-hydroxylation sites is 1. The zero-order valence-corrected chi connectivity index (χ0v) is 14.2. The lowest BCUT2D eigenvalue weighted by Gasteiger charge is -2.31. The molecular formula is C19H26N2O2. The molecule has 0 fully saturated rings. The van der Waals surface area contributed by atoms with E-state index in [1.165, 1.54) is 0 Å². The van der Waals surface area contributed by atoms with E-state index in [-0.39, 0.29) is 11.3 Å². The maximum atomic E-state index is 11.9. The Morgan fingerprint density at radius 2 is 2.00 bits per heavy atom. The van der Waals surface area contributed by atoms with Crippen molar-refractivity contribution >= 4 is 11.6 Å². The first kappa shape index (κ1) is 17.3. The highest BCUT2D eigenvalue weighted by Gasteiger charge is 2.36. The lowest BCUT2D eigenvalue weighted by molar-refractivity contribution is -0.125. The highest BCUT2D eigenvalue weighted by Crippen LogP contribution is 2.34. The molecule has 1 aromatic carbocycles. The minimum Gasteiger partial charge on any atom is -0.487 e. The number of ether oxygens (including phenoxy) is 1. The predicted molar refractivity (Wildman–Crippen MR) is 93.7 cm³/mol. The molecule has 1 heterocycles. The molecule has 1 aliphatic heterocycles. The molecule has 2 N–H and O–H groups in total. The summed E-state index contributed by atoms with van der Waals surface area (Å²) in [6.07, 6.45) is 5.43. The number of nitrogens with two attached hydrogens (primary N) is 1. The van der Waals surface area contributed by atoms with Gasteiger partial charge in [-0.2, -0.15) is 0 Å². The van der Waals surface area contributed by atoms with Crippen molar-refractivity contribution in [1.29, 1.82) is 0 Å². The summed E-state index contributed by atoms with van der Waals surface area (Å²) in [6, 6.07) is 9.62. The van der Waals surface area contributed by atoms with E-state index in [9.17, 15) is 4.79 Å². The third kappa shape index (κ3) is 4.95. The summed E-state index contributed by atoms with van der Waals surface area (Å²) in [4.78, 5) is 16.5. The van der Waals surface area contributed by atoms with E-state index in [0.717, 1.165) is 24.3 Å². The van der Waals surface area contributed by atoms with Gasteiger partial charge in [-0.1, -0.05) is 45.0 Å². The molecule has 1 aromatic rings. The van der Waals surface area contributed by atoms with Crippen LogP contribution in [0.2, 0.25) is 0 Å². The van der Waals surface area contributed by atoms with Crippen LogP contribution in [0.25, 0.3) is 0 Å². The molecule has 23 heavy (non-hydrogen) atoms. The minimum absolute atomic E-state index is 0.163. The maximum absolute atomic E-state index is 11.9. The molecule has 0 aromatic heterocycles. The summed E-state index contributed by atoms with van der Waals surface area (Å²) in [5.74, 6) is 0.507. The van der Waals surface area contributed by atoms with Gasteiger partial charge >= 0.3 is 0 Å². The number of amides is 1. The first-order chi connectivity index (χ1) is 10.8. The second-order valence-corrected chi connectivity index (χ2v) is 7.32. The maximum Gasteiger partial charge on any atom is 0.229 e. The Balaban J connectivity index is 1.97. The molecule has 124 valence electrons. The van der Waals surface area contributed by atoms with Crippen LogP contribution in [-0.4, -0.2) is 24.8 Å². The van der Waals surface area contributed by atoms with Crippen molar-refractivity contribution in [3.05, 3.63) is 42.5 Å². The summed E-state index contributed by atoms with van der Waals surface area (Å²) < 4.78 is 5.69. The number of hydrogen-bond donors (Lipinski definition) is 1. The quantitative estimate of drug-likeness (QED) is 0.875. The Hall–Kier alpha value is -2.10. The van der Waals surface area contributed by atoms with Crippen molar-refractivity contribution in [2.45, 2.75) is 33.6 Å². The van der Waals surface area contributed by atoms with E-state index in [0.29, 0.717) is 13.2 Å². The summed E-state index contributed by atoms with van der Waals surface area (Å²) in [7, 11) is 0. The normalized spacial score (nSPS) is 20.9.